The highest BCUT2D eigenvalue weighted by Gasteiger charge is 2.29. The van der Waals surface area contributed by atoms with Gasteiger partial charge in [-0.3, -0.25) is 9.59 Å². The number of Topliss-reactive ketones (excluding diaryl/α,β-unsaturated/α-hetero) is 1. The topological polar surface area (TPSA) is 64.6 Å². The maximum atomic E-state index is 13.7. The molecule has 0 aliphatic heterocycles. The van der Waals surface area contributed by atoms with Gasteiger partial charge in [0.05, 0.1) is 19.1 Å². The molecule has 1 N–H and O–H groups in total. The summed E-state index contributed by atoms with van der Waals surface area (Å²) in [7, 11) is 1.27. The number of nitrogens with one attached hydrogen (secondary N) is 1. The number of carbonyl (C=O) groups excluding carboxylic acids is 2. The molecule has 248 valence electrons. The molecule has 3 aromatic carbocycles. The summed E-state index contributed by atoms with van der Waals surface area (Å²) in [5.74, 6) is -3.32. The van der Waals surface area contributed by atoms with Crippen molar-refractivity contribution in [1.82, 2.24) is 0 Å². The number of carbonyl (C=O) groups is 2. The minimum Gasteiger partial charge on any atom is -0.488 e. The number of aryl methyl sites for hydroxylation is 2. The van der Waals surface area contributed by atoms with E-state index in [1.54, 1.807) is 13.8 Å². The zero-order chi connectivity index (χ0) is 34.6. The van der Waals surface area contributed by atoms with Gasteiger partial charge in [-0.25, -0.2) is 8.78 Å². The van der Waals surface area contributed by atoms with Crippen molar-refractivity contribution in [3.8, 4) is 5.75 Å². The Kier molecular flexibility index (Phi) is 20.1. The minimum absolute atomic E-state index is 0.0602. The number of ether oxygens (including phenoxy) is 2. The summed E-state index contributed by atoms with van der Waals surface area (Å²) in [4.78, 5) is 22.6. The third-order valence-electron chi connectivity index (χ3n) is 6.38. The predicted molar refractivity (Wildman–Crippen MR) is 183 cm³/mol. The molecule has 8 heteroatoms. The lowest BCUT2D eigenvalue weighted by Crippen LogP contribution is -2.27. The van der Waals surface area contributed by atoms with Crippen molar-refractivity contribution >= 4 is 29.0 Å². The molecule has 0 saturated carbocycles. The molecule has 0 bridgehead atoms. The quantitative estimate of drug-likeness (QED) is 0.166. The van der Waals surface area contributed by atoms with Crippen molar-refractivity contribution in [3.63, 3.8) is 0 Å². The summed E-state index contributed by atoms with van der Waals surface area (Å²) in [6.07, 6.45) is 4.06. The Morgan fingerprint density at radius 2 is 1.53 bits per heavy atom. The number of ketones is 1. The summed E-state index contributed by atoms with van der Waals surface area (Å²) < 4.78 is 37.1. The summed E-state index contributed by atoms with van der Waals surface area (Å²) in [5, 5.41) is 3.83. The van der Waals surface area contributed by atoms with Crippen LogP contribution in [0.3, 0.4) is 0 Å². The lowest BCUT2D eigenvalue weighted by molar-refractivity contribution is -0.151. The largest absolute Gasteiger partial charge is 0.488 e. The monoisotopic (exact) mass is 645 g/mol. The minimum atomic E-state index is -0.948. The number of anilines is 1. The van der Waals surface area contributed by atoms with Gasteiger partial charge in [0.25, 0.3) is 0 Å². The van der Waals surface area contributed by atoms with E-state index in [1.807, 2.05) is 45.0 Å². The molecule has 0 radical (unpaired) electrons. The van der Waals surface area contributed by atoms with Gasteiger partial charge in [-0.05, 0) is 101 Å². The Hall–Kier alpha value is -3.71. The molecular weight excluding hydrogens is 596 g/mol. The number of esters is 1. The van der Waals surface area contributed by atoms with E-state index >= 15 is 0 Å². The van der Waals surface area contributed by atoms with Crippen LogP contribution in [-0.4, -0.2) is 25.5 Å². The molecule has 0 amide bonds. The lowest BCUT2D eigenvalue weighted by Gasteiger charge is -2.21. The van der Waals surface area contributed by atoms with E-state index in [2.05, 4.69) is 54.7 Å². The highest BCUT2D eigenvalue weighted by Crippen LogP contribution is 2.26. The molecule has 0 aromatic heterocycles. The van der Waals surface area contributed by atoms with E-state index in [0.717, 1.165) is 28.5 Å². The van der Waals surface area contributed by atoms with Gasteiger partial charge in [0.1, 0.15) is 0 Å². The van der Waals surface area contributed by atoms with Crippen molar-refractivity contribution in [3.05, 3.63) is 106 Å². The molecule has 0 saturated heterocycles. The van der Waals surface area contributed by atoms with Crippen LogP contribution in [0.1, 0.15) is 89.2 Å². The van der Waals surface area contributed by atoms with E-state index in [-0.39, 0.29) is 18.6 Å². The zero-order valence-corrected chi connectivity index (χ0v) is 29.0. The van der Waals surface area contributed by atoms with Crippen LogP contribution in [0.15, 0.2) is 72.9 Å². The van der Waals surface area contributed by atoms with Gasteiger partial charge in [0.2, 0.25) is 0 Å². The number of halogens is 3. The maximum Gasteiger partial charge on any atom is 0.311 e. The predicted octanol–water partition coefficient (Wildman–Crippen LogP) is 10.8. The SMILES string of the molecule is C=C(C)Nc1ccc(Cl)cc1.CC.CCCCc1ccccc1C.COC(=O)C(C)(C)CCOc1c(F)cc(C(C)=O)cc1F. The molecule has 0 fully saturated rings. The van der Waals surface area contributed by atoms with Crippen molar-refractivity contribution in [2.24, 2.45) is 5.41 Å². The van der Waals surface area contributed by atoms with Crippen LogP contribution < -0.4 is 10.1 Å². The second-order valence-corrected chi connectivity index (χ2v) is 11.2. The number of hydrogen-bond donors (Lipinski definition) is 1. The molecule has 45 heavy (non-hydrogen) atoms. The first-order valence-electron chi connectivity index (χ1n) is 15.2. The Morgan fingerprint density at radius 3 is 2.00 bits per heavy atom. The number of rotatable bonds is 11. The highest BCUT2D eigenvalue weighted by molar-refractivity contribution is 6.30. The number of hydrogen-bond acceptors (Lipinski definition) is 5. The number of methoxy groups -OCH3 is 1. The molecule has 3 aromatic rings. The Balaban J connectivity index is 0.000000680. The van der Waals surface area contributed by atoms with E-state index in [9.17, 15) is 18.4 Å². The molecule has 0 aliphatic rings. The van der Waals surface area contributed by atoms with Gasteiger partial charge in [0.15, 0.2) is 23.2 Å². The lowest BCUT2D eigenvalue weighted by atomic mass is 9.90. The van der Waals surface area contributed by atoms with Crippen molar-refractivity contribution in [2.45, 2.75) is 81.1 Å². The molecule has 0 unspecified atom stereocenters. The van der Waals surface area contributed by atoms with E-state index in [1.165, 1.54) is 44.4 Å². The smallest absolute Gasteiger partial charge is 0.311 e. The van der Waals surface area contributed by atoms with Gasteiger partial charge >= 0.3 is 5.97 Å². The van der Waals surface area contributed by atoms with Crippen molar-refractivity contribution in [1.29, 1.82) is 0 Å². The Morgan fingerprint density at radius 1 is 0.978 bits per heavy atom. The van der Waals surface area contributed by atoms with Gasteiger partial charge in [0, 0.05) is 22.0 Å². The third-order valence-corrected chi connectivity index (χ3v) is 6.63. The Labute approximate surface area is 274 Å². The van der Waals surface area contributed by atoms with Crippen LogP contribution in [0.2, 0.25) is 5.02 Å². The van der Waals surface area contributed by atoms with Crippen molar-refractivity contribution < 1.29 is 27.8 Å². The fraction of sp³-hybridized carbons (Fsp3) is 0.405. The van der Waals surface area contributed by atoms with Crippen molar-refractivity contribution in [2.75, 3.05) is 19.0 Å². The molecule has 5 nitrogen and oxygen atoms in total. The van der Waals surface area contributed by atoms with Crippen LogP contribution in [-0.2, 0) is 16.0 Å². The fourth-order valence-electron chi connectivity index (χ4n) is 3.73. The third kappa shape index (κ3) is 16.3. The average Bonchev–Trinajstić information content (AvgIpc) is 3.00. The second-order valence-electron chi connectivity index (χ2n) is 10.7. The van der Waals surface area contributed by atoms with Crippen LogP contribution in [0.25, 0.3) is 0 Å². The van der Waals surface area contributed by atoms with Gasteiger partial charge < -0.3 is 14.8 Å². The van der Waals surface area contributed by atoms with E-state index in [4.69, 9.17) is 16.3 Å². The second kappa shape index (κ2) is 21.9. The van der Waals surface area contributed by atoms with Crippen LogP contribution in [0.5, 0.6) is 5.75 Å². The first kappa shape index (κ1) is 41.3. The molecule has 0 heterocycles. The van der Waals surface area contributed by atoms with Gasteiger partial charge in [-0.1, -0.05) is 69.6 Å². The normalized spacial score (nSPS) is 10.0. The number of allylic oxidation sites excluding steroid dienone is 1. The molecule has 0 aliphatic carbocycles. The average molecular weight is 646 g/mol. The van der Waals surface area contributed by atoms with Gasteiger partial charge in [-0.15, -0.1) is 0 Å². The summed E-state index contributed by atoms with van der Waals surface area (Å²) >= 11 is 5.70. The summed E-state index contributed by atoms with van der Waals surface area (Å²) in [6.45, 7) is 18.5. The van der Waals surface area contributed by atoms with E-state index < -0.39 is 34.6 Å². The maximum absolute atomic E-state index is 13.7. The van der Waals surface area contributed by atoms with Crippen LogP contribution in [0.4, 0.5) is 14.5 Å². The standard InChI is InChI=1S/C15H18F2O4.C11H16.C9H10ClN.C2H6/c1-9(18)10-7-11(16)13(12(17)8-10)21-6-5-15(2,3)14(19)20-4;1-3-4-8-11-9-6-5-7-10(11)2;1-7(2)11-9-5-3-8(10)4-6-9;1-2/h7-8H,5-6H2,1-4H3;5-7,9H,3-4,8H2,1-2H3;3-6,11H,1H2,2H3;1-2H3. The van der Waals surface area contributed by atoms with Crippen LogP contribution in [0, 0.1) is 24.0 Å². The number of benzene rings is 3. The van der Waals surface area contributed by atoms with E-state index in [0.29, 0.717) is 0 Å². The van der Waals surface area contributed by atoms with Crippen LogP contribution >= 0.6 is 11.6 Å². The first-order valence-corrected chi connectivity index (χ1v) is 15.5. The molecule has 3 rings (SSSR count). The summed E-state index contributed by atoms with van der Waals surface area (Å²) in [6, 6.07) is 18.0. The highest BCUT2D eigenvalue weighted by atomic mass is 35.5. The molecular formula is C37H50ClF2NO4. The fourth-order valence-corrected chi connectivity index (χ4v) is 3.85. The molecule has 0 spiro atoms. The molecule has 0 atom stereocenters. The van der Waals surface area contributed by atoms with Gasteiger partial charge in [-0.2, -0.15) is 0 Å². The summed E-state index contributed by atoms with van der Waals surface area (Å²) in [5.41, 5.74) is 4.00. The first-order chi connectivity index (χ1) is 21.2. The Bertz CT molecular complexity index is 1320. The number of unbranched alkanes of at least 4 members (excludes halogenated alkanes) is 1. The zero-order valence-electron chi connectivity index (χ0n) is 28.3.